The lowest BCUT2D eigenvalue weighted by Gasteiger charge is -2.28. The number of hydrogen-bond donors (Lipinski definition) is 1. The highest BCUT2D eigenvalue weighted by atomic mass is 19.1. The SMILES string of the molecule is C=C(F)/C=C(F)\C=C/C/C(=N\O)C1CCC(CCC)CC1. The fourth-order valence-electron chi connectivity index (χ4n) is 2.97. The molecule has 1 saturated carbocycles. The predicted molar refractivity (Wildman–Crippen MR) is 82.8 cm³/mol. The van der Waals surface area contributed by atoms with E-state index in [1.165, 1.54) is 18.9 Å². The summed E-state index contributed by atoms with van der Waals surface area (Å²) in [6, 6.07) is 0. The van der Waals surface area contributed by atoms with Crippen molar-refractivity contribution in [3.05, 3.63) is 36.5 Å². The van der Waals surface area contributed by atoms with Crippen LogP contribution in [0.15, 0.2) is 41.6 Å². The van der Waals surface area contributed by atoms with Gasteiger partial charge in [-0.3, -0.25) is 0 Å². The van der Waals surface area contributed by atoms with Gasteiger partial charge in [-0.1, -0.05) is 37.6 Å². The summed E-state index contributed by atoms with van der Waals surface area (Å²) in [7, 11) is 0. The monoisotopic (exact) mass is 297 g/mol. The van der Waals surface area contributed by atoms with Gasteiger partial charge in [0.2, 0.25) is 0 Å². The van der Waals surface area contributed by atoms with Crippen molar-refractivity contribution in [2.45, 2.75) is 51.9 Å². The van der Waals surface area contributed by atoms with E-state index in [0.717, 1.165) is 37.7 Å². The molecule has 0 amide bonds. The highest BCUT2D eigenvalue weighted by Gasteiger charge is 2.24. The van der Waals surface area contributed by atoms with E-state index in [0.29, 0.717) is 12.1 Å². The van der Waals surface area contributed by atoms with E-state index in [9.17, 15) is 8.78 Å². The van der Waals surface area contributed by atoms with Crippen LogP contribution in [0.3, 0.4) is 0 Å². The molecule has 1 N–H and O–H groups in total. The summed E-state index contributed by atoms with van der Waals surface area (Å²) in [5.41, 5.74) is 0.688. The second-order valence-corrected chi connectivity index (χ2v) is 5.68. The average Bonchev–Trinajstić information content (AvgIpc) is 2.44. The highest BCUT2D eigenvalue weighted by Crippen LogP contribution is 2.33. The Morgan fingerprint density at radius 2 is 1.95 bits per heavy atom. The van der Waals surface area contributed by atoms with Crippen molar-refractivity contribution in [3.8, 4) is 0 Å². The van der Waals surface area contributed by atoms with Crippen molar-refractivity contribution in [2.24, 2.45) is 17.0 Å². The quantitative estimate of drug-likeness (QED) is 0.278. The highest BCUT2D eigenvalue weighted by molar-refractivity contribution is 5.87. The van der Waals surface area contributed by atoms with Gasteiger partial charge >= 0.3 is 0 Å². The van der Waals surface area contributed by atoms with Gasteiger partial charge in [-0.15, -0.1) is 0 Å². The van der Waals surface area contributed by atoms with E-state index in [4.69, 9.17) is 5.21 Å². The average molecular weight is 297 g/mol. The van der Waals surface area contributed by atoms with E-state index >= 15 is 0 Å². The number of allylic oxidation sites excluding steroid dienone is 5. The molecule has 0 bridgehead atoms. The summed E-state index contributed by atoms with van der Waals surface area (Å²) in [5, 5.41) is 12.5. The molecule has 4 heteroatoms. The molecule has 0 spiro atoms. The first-order valence-corrected chi connectivity index (χ1v) is 7.65. The van der Waals surface area contributed by atoms with Gasteiger partial charge in [0.05, 0.1) is 5.71 Å². The standard InChI is InChI=1S/C17H25F2NO/c1-3-5-14-8-10-15(11-9-14)17(20-21)7-4-6-16(19)12-13(2)18/h4,6,12,14-15,21H,2-3,5,7-11H2,1H3/b6-4-,16-12+,20-17+. The molecular weight excluding hydrogens is 272 g/mol. The first-order chi connectivity index (χ1) is 10.1. The van der Waals surface area contributed by atoms with Crippen LogP contribution in [-0.2, 0) is 0 Å². The lowest BCUT2D eigenvalue weighted by atomic mass is 9.77. The maximum absolute atomic E-state index is 13.2. The van der Waals surface area contributed by atoms with Gasteiger partial charge < -0.3 is 5.21 Å². The fourth-order valence-corrected chi connectivity index (χ4v) is 2.97. The van der Waals surface area contributed by atoms with Crippen LogP contribution in [0, 0.1) is 11.8 Å². The van der Waals surface area contributed by atoms with E-state index in [1.807, 2.05) is 0 Å². The Labute approximate surface area is 125 Å². The van der Waals surface area contributed by atoms with Gasteiger partial charge in [-0.05, 0) is 37.7 Å². The Morgan fingerprint density at radius 1 is 1.29 bits per heavy atom. The van der Waals surface area contributed by atoms with Crippen molar-refractivity contribution < 1.29 is 14.0 Å². The first-order valence-electron chi connectivity index (χ1n) is 7.65. The second-order valence-electron chi connectivity index (χ2n) is 5.68. The Hall–Kier alpha value is -1.45. The molecular formula is C17H25F2NO. The van der Waals surface area contributed by atoms with Crippen LogP contribution in [0.25, 0.3) is 0 Å². The fraction of sp³-hybridized carbons (Fsp3) is 0.588. The predicted octanol–water partition coefficient (Wildman–Crippen LogP) is 5.71. The molecule has 0 unspecified atom stereocenters. The third-order valence-electron chi connectivity index (χ3n) is 4.04. The van der Waals surface area contributed by atoms with Crippen LogP contribution in [0.5, 0.6) is 0 Å². The summed E-state index contributed by atoms with van der Waals surface area (Å²) in [5.74, 6) is -0.442. The van der Waals surface area contributed by atoms with Crippen LogP contribution in [0.2, 0.25) is 0 Å². The number of hydrogen-bond acceptors (Lipinski definition) is 2. The van der Waals surface area contributed by atoms with Gasteiger partial charge in [0.15, 0.2) is 0 Å². The normalized spacial score (nSPS) is 24.5. The van der Waals surface area contributed by atoms with Crippen LogP contribution >= 0.6 is 0 Å². The molecule has 118 valence electrons. The minimum absolute atomic E-state index is 0.274. The molecule has 0 aromatic carbocycles. The number of nitrogens with zero attached hydrogens (tertiary/aromatic N) is 1. The molecule has 1 aliphatic carbocycles. The van der Waals surface area contributed by atoms with Crippen molar-refractivity contribution in [1.82, 2.24) is 0 Å². The van der Waals surface area contributed by atoms with Crippen molar-refractivity contribution >= 4 is 5.71 Å². The summed E-state index contributed by atoms with van der Waals surface area (Å²) < 4.78 is 25.5. The molecule has 1 rings (SSSR count). The summed E-state index contributed by atoms with van der Waals surface area (Å²) in [6.07, 6.45) is 10.7. The van der Waals surface area contributed by atoms with Gasteiger partial charge in [0.25, 0.3) is 0 Å². The van der Waals surface area contributed by atoms with Crippen molar-refractivity contribution in [2.75, 3.05) is 0 Å². The summed E-state index contributed by atoms with van der Waals surface area (Å²) in [4.78, 5) is 0. The zero-order valence-corrected chi connectivity index (χ0v) is 12.7. The Bertz CT molecular complexity index is 419. The number of oxime groups is 1. The third-order valence-corrected chi connectivity index (χ3v) is 4.04. The maximum atomic E-state index is 13.2. The van der Waals surface area contributed by atoms with E-state index in [2.05, 4.69) is 18.7 Å². The zero-order valence-electron chi connectivity index (χ0n) is 12.7. The lowest BCUT2D eigenvalue weighted by molar-refractivity contribution is 0.284. The van der Waals surface area contributed by atoms with E-state index in [-0.39, 0.29) is 5.92 Å². The lowest BCUT2D eigenvalue weighted by Crippen LogP contribution is -2.21. The molecule has 1 fully saturated rings. The molecule has 2 nitrogen and oxygen atoms in total. The minimum atomic E-state index is -0.817. The first kappa shape index (κ1) is 17.6. The molecule has 0 aromatic rings. The summed E-state index contributed by atoms with van der Waals surface area (Å²) >= 11 is 0. The Morgan fingerprint density at radius 3 is 2.48 bits per heavy atom. The third kappa shape index (κ3) is 6.69. The van der Waals surface area contributed by atoms with Crippen LogP contribution in [0.1, 0.15) is 51.9 Å². The molecule has 21 heavy (non-hydrogen) atoms. The van der Waals surface area contributed by atoms with Crippen LogP contribution < -0.4 is 0 Å². The van der Waals surface area contributed by atoms with E-state index in [1.54, 1.807) is 6.08 Å². The molecule has 0 heterocycles. The van der Waals surface area contributed by atoms with E-state index < -0.39 is 11.7 Å². The maximum Gasteiger partial charge on any atom is 0.125 e. The molecule has 0 atom stereocenters. The summed E-state index contributed by atoms with van der Waals surface area (Å²) in [6.45, 7) is 5.17. The Balaban J connectivity index is 2.46. The largest absolute Gasteiger partial charge is 0.411 e. The smallest absolute Gasteiger partial charge is 0.125 e. The van der Waals surface area contributed by atoms with Crippen molar-refractivity contribution in [3.63, 3.8) is 0 Å². The molecule has 0 saturated heterocycles. The molecule has 0 aromatic heterocycles. The second kappa shape index (κ2) is 9.48. The van der Waals surface area contributed by atoms with Crippen LogP contribution in [0.4, 0.5) is 8.78 Å². The zero-order chi connectivity index (χ0) is 15.7. The number of halogens is 2. The minimum Gasteiger partial charge on any atom is -0.411 e. The van der Waals surface area contributed by atoms with Crippen LogP contribution in [-0.4, -0.2) is 10.9 Å². The van der Waals surface area contributed by atoms with Gasteiger partial charge in [-0.2, -0.15) is 0 Å². The van der Waals surface area contributed by atoms with Gasteiger partial charge in [-0.25, -0.2) is 8.78 Å². The molecule has 0 radical (unpaired) electrons. The molecule has 0 aliphatic heterocycles. The number of rotatable bonds is 7. The molecule has 1 aliphatic rings. The van der Waals surface area contributed by atoms with Crippen molar-refractivity contribution in [1.29, 1.82) is 0 Å². The topological polar surface area (TPSA) is 32.6 Å². The van der Waals surface area contributed by atoms with Gasteiger partial charge in [0, 0.05) is 18.4 Å². The van der Waals surface area contributed by atoms with Gasteiger partial charge in [0.1, 0.15) is 11.7 Å². The Kier molecular flexibility index (Phi) is 7.95.